The van der Waals surface area contributed by atoms with Gasteiger partial charge in [0.05, 0.1) is 5.49 Å². The smallest absolute Gasteiger partial charge is 0.446 e. The molecule has 5 rings (SSSR count). The number of benzene rings is 4. The van der Waals surface area contributed by atoms with E-state index in [9.17, 15) is 4.57 Å². The first-order chi connectivity index (χ1) is 18.4. The summed E-state index contributed by atoms with van der Waals surface area (Å²) in [7, 11) is -2.10. The molecular weight excluding hydrogens is 554 g/mol. The second kappa shape index (κ2) is 11.8. The average molecular weight is 581 g/mol. The number of rotatable bonds is 9. The molecule has 4 aromatic rings. The standard InChI is InChI=1S/C28H26N2O4P2S2/c1-30(28-29-35(37,22-38-28)32-24-16-8-3-9-17-24)27(23-14-6-2-7-15-23)36(31,33-25-18-10-4-11-19-25)34-26-20-12-5-13-21-26/h2-21,27H,22H2,1H3. The molecule has 0 amide bonds. The molecule has 0 saturated carbocycles. The molecule has 0 aliphatic carbocycles. The SMILES string of the molecule is CN(C1=NP(=S)(Oc2ccccc2)CS1)C(c1ccccc1)P(=O)(Oc1ccccc1)Oc1ccccc1. The minimum absolute atomic E-state index is 0.444. The summed E-state index contributed by atoms with van der Waals surface area (Å²) in [5.74, 6) is 0.766. The van der Waals surface area contributed by atoms with Gasteiger partial charge in [0.2, 0.25) is 6.42 Å². The summed E-state index contributed by atoms with van der Waals surface area (Å²) in [5, 5.41) is 0.631. The summed E-state index contributed by atoms with van der Waals surface area (Å²) in [6.45, 7) is 0. The molecule has 6 nitrogen and oxygen atoms in total. The predicted octanol–water partition coefficient (Wildman–Crippen LogP) is 8.42. The van der Waals surface area contributed by atoms with Crippen LogP contribution in [0.15, 0.2) is 126 Å². The van der Waals surface area contributed by atoms with E-state index in [4.69, 9.17) is 30.1 Å². The van der Waals surface area contributed by atoms with Crippen LogP contribution >= 0.6 is 25.8 Å². The van der Waals surface area contributed by atoms with Gasteiger partial charge in [0, 0.05) is 7.05 Å². The van der Waals surface area contributed by atoms with Gasteiger partial charge in [-0.1, -0.05) is 96.7 Å². The summed E-state index contributed by atoms with van der Waals surface area (Å²) in [6, 6.07) is 37.1. The van der Waals surface area contributed by atoms with E-state index in [-0.39, 0.29) is 0 Å². The second-order valence-corrected chi connectivity index (χ2v) is 15.4. The van der Waals surface area contributed by atoms with Crippen LogP contribution < -0.4 is 13.6 Å². The number of nitrogens with zero attached hydrogens (tertiary/aromatic N) is 2. The van der Waals surface area contributed by atoms with E-state index in [1.54, 1.807) is 24.3 Å². The minimum Gasteiger partial charge on any atom is -0.446 e. The maximum Gasteiger partial charge on any atom is 0.457 e. The van der Waals surface area contributed by atoms with Gasteiger partial charge >= 0.3 is 7.60 Å². The lowest BCUT2D eigenvalue weighted by atomic mass is 10.2. The minimum atomic E-state index is -3.94. The zero-order valence-corrected chi connectivity index (χ0v) is 24.0. The van der Waals surface area contributed by atoms with E-state index >= 15 is 0 Å². The quantitative estimate of drug-likeness (QED) is 0.184. The van der Waals surface area contributed by atoms with Gasteiger partial charge < -0.3 is 18.5 Å². The predicted molar refractivity (Wildman–Crippen MR) is 160 cm³/mol. The molecule has 4 aromatic carbocycles. The Bertz CT molecular complexity index is 1430. The largest absolute Gasteiger partial charge is 0.457 e. The zero-order valence-electron chi connectivity index (χ0n) is 20.6. The third kappa shape index (κ3) is 6.33. The highest BCUT2D eigenvalue weighted by atomic mass is 32.5. The summed E-state index contributed by atoms with van der Waals surface area (Å²) in [5.41, 5.74) is 1.29. The lowest BCUT2D eigenvalue weighted by Crippen LogP contribution is -2.31. The molecule has 1 aliphatic heterocycles. The molecule has 38 heavy (non-hydrogen) atoms. The lowest BCUT2D eigenvalue weighted by molar-refractivity contribution is 0.330. The summed E-state index contributed by atoms with van der Waals surface area (Å²) >= 11 is 7.37. The maximum atomic E-state index is 14.9. The van der Waals surface area contributed by atoms with Crippen molar-refractivity contribution in [1.82, 2.24) is 4.90 Å². The number of para-hydroxylation sites is 3. The van der Waals surface area contributed by atoms with Crippen molar-refractivity contribution >= 4 is 42.7 Å². The Hall–Kier alpha value is -3.02. The van der Waals surface area contributed by atoms with Crippen LogP contribution in [0.2, 0.25) is 0 Å². The first kappa shape index (κ1) is 26.6. The fourth-order valence-corrected chi connectivity index (χ4v) is 10.6. The van der Waals surface area contributed by atoms with Crippen molar-refractivity contribution in [1.29, 1.82) is 0 Å². The number of thioether (sulfide) groups is 1. The third-order valence-electron chi connectivity index (χ3n) is 5.60. The fourth-order valence-electron chi connectivity index (χ4n) is 3.92. The van der Waals surface area contributed by atoms with E-state index in [1.807, 2.05) is 109 Å². The molecule has 0 fully saturated rings. The van der Waals surface area contributed by atoms with E-state index in [2.05, 4.69) is 0 Å². The Morgan fingerprint density at radius 3 is 1.74 bits per heavy atom. The molecule has 0 bridgehead atoms. The molecule has 2 atom stereocenters. The molecule has 0 spiro atoms. The van der Waals surface area contributed by atoms with Crippen LogP contribution in [0.3, 0.4) is 0 Å². The van der Waals surface area contributed by atoms with Gasteiger partial charge in [0.15, 0.2) is 11.0 Å². The Labute approximate surface area is 232 Å². The van der Waals surface area contributed by atoms with Crippen LogP contribution in [-0.2, 0) is 16.4 Å². The van der Waals surface area contributed by atoms with Crippen molar-refractivity contribution in [2.75, 3.05) is 12.5 Å². The van der Waals surface area contributed by atoms with Gasteiger partial charge in [-0.25, -0.2) is 4.57 Å². The molecular formula is C28H26N2O4P2S2. The molecule has 1 heterocycles. The van der Waals surface area contributed by atoms with Crippen molar-refractivity contribution in [2.24, 2.45) is 4.76 Å². The Morgan fingerprint density at radius 1 is 0.789 bits per heavy atom. The molecule has 0 saturated heterocycles. The van der Waals surface area contributed by atoms with Gasteiger partial charge in [0.25, 0.3) is 0 Å². The van der Waals surface area contributed by atoms with E-state index in [0.717, 1.165) is 5.56 Å². The van der Waals surface area contributed by atoms with Gasteiger partial charge in [-0.3, -0.25) is 0 Å². The molecule has 1 aliphatic rings. The van der Waals surface area contributed by atoms with Crippen molar-refractivity contribution in [3.63, 3.8) is 0 Å². The molecule has 0 aromatic heterocycles. The van der Waals surface area contributed by atoms with E-state index < -0.39 is 19.8 Å². The first-order valence-corrected chi connectivity index (χ1v) is 17.3. The van der Waals surface area contributed by atoms with Gasteiger partial charge in [0.1, 0.15) is 17.2 Å². The average Bonchev–Trinajstić information content (AvgIpc) is 3.32. The highest BCUT2D eigenvalue weighted by molar-refractivity contribution is 8.27. The number of hydrogen-bond acceptors (Lipinski definition) is 7. The van der Waals surface area contributed by atoms with Crippen molar-refractivity contribution in [3.05, 3.63) is 127 Å². The highest BCUT2D eigenvalue weighted by Gasteiger charge is 2.46. The van der Waals surface area contributed by atoms with E-state index in [1.165, 1.54) is 11.8 Å². The van der Waals surface area contributed by atoms with Crippen molar-refractivity contribution in [3.8, 4) is 17.2 Å². The van der Waals surface area contributed by atoms with E-state index in [0.29, 0.717) is 27.9 Å². The van der Waals surface area contributed by atoms with Crippen molar-refractivity contribution in [2.45, 2.75) is 5.78 Å². The lowest BCUT2D eigenvalue weighted by Gasteiger charge is -2.34. The van der Waals surface area contributed by atoms with Crippen molar-refractivity contribution < 1.29 is 18.1 Å². The van der Waals surface area contributed by atoms with Crippen LogP contribution in [0.4, 0.5) is 0 Å². The monoisotopic (exact) mass is 580 g/mol. The molecule has 0 N–H and O–H groups in total. The number of amidine groups is 1. The summed E-state index contributed by atoms with van der Waals surface area (Å²) in [4.78, 5) is 1.84. The van der Waals surface area contributed by atoms with Crippen LogP contribution in [0.5, 0.6) is 17.2 Å². The summed E-state index contributed by atoms with van der Waals surface area (Å²) < 4.78 is 38.4. The van der Waals surface area contributed by atoms with Gasteiger partial charge in [-0.2, -0.15) is 4.76 Å². The summed E-state index contributed by atoms with van der Waals surface area (Å²) in [6.07, 6.45) is -2.55. The second-order valence-electron chi connectivity index (χ2n) is 8.44. The molecule has 0 radical (unpaired) electrons. The maximum absolute atomic E-state index is 14.9. The van der Waals surface area contributed by atoms with Crippen LogP contribution in [0, 0.1) is 0 Å². The van der Waals surface area contributed by atoms with Crippen LogP contribution in [0.25, 0.3) is 0 Å². The fraction of sp³-hybridized carbons (Fsp3) is 0.107. The van der Waals surface area contributed by atoms with Gasteiger partial charge in [-0.15, -0.1) is 0 Å². The molecule has 2 unspecified atom stereocenters. The topological polar surface area (TPSA) is 60.4 Å². The number of hydrogen-bond donors (Lipinski definition) is 0. The Kier molecular flexibility index (Phi) is 8.25. The Balaban J connectivity index is 1.55. The Morgan fingerprint density at radius 2 is 1.24 bits per heavy atom. The third-order valence-corrected chi connectivity index (χ3v) is 12.8. The van der Waals surface area contributed by atoms with Crippen LogP contribution in [0.1, 0.15) is 11.3 Å². The normalized spacial score (nSPS) is 17.8. The van der Waals surface area contributed by atoms with Gasteiger partial charge in [-0.05, 0) is 53.8 Å². The molecule has 10 heteroatoms. The first-order valence-electron chi connectivity index (χ1n) is 11.9. The zero-order chi connectivity index (χ0) is 26.4. The van der Waals surface area contributed by atoms with Crippen LogP contribution in [-0.4, -0.2) is 22.6 Å². The highest BCUT2D eigenvalue weighted by Crippen LogP contribution is 2.63. The molecule has 194 valence electrons.